The van der Waals surface area contributed by atoms with Crippen LogP contribution in [0.2, 0.25) is 5.02 Å². The number of carbonyl (C=O) groups excluding carboxylic acids is 1. The number of fused-ring (bicyclic) bond motifs is 1. The number of aromatic nitrogens is 1. The summed E-state index contributed by atoms with van der Waals surface area (Å²) in [5, 5.41) is 14.3. The van der Waals surface area contributed by atoms with Crippen LogP contribution in [0.4, 0.5) is 0 Å². The molecule has 0 saturated heterocycles. The SMILES string of the molecule is O=C(NCCc1cc(Cl)c2c(c1)OCCO2)c1cc[n+]([O-])cc1. The molecule has 120 valence electrons. The third kappa shape index (κ3) is 3.65. The van der Waals surface area contributed by atoms with Crippen LogP contribution in [0, 0.1) is 5.21 Å². The van der Waals surface area contributed by atoms with Gasteiger partial charge in [-0.25, -0.2) is 0 Å². The van der Waals surface area contributed by atoms with Crippen LogP contribution in [0.25, 0.3) is 0 Å². The molecule has 0 bridgehead atoms. The highest BCUT2D eigenvalue weighted by Gasteiger charge is 2.16. The first-order valence-corrected chi connectivity index (χ1v) is 7.56. The Labute approximate surface area is 138 Å². The van der Waals surface area contributed by atoms with E-state index in [9.17, 15) is 10.0 Å². The smallest absolute Gasteiger partial charge is 0.251 e. The van der Waals surface area contributed by atoms with Gasteiger partial charge in [0.25, 0.3) is 5.91 Å². The maximum Gasteiger partial charge on any atom is 0.251 e. The number of hydrogen-bond donors (Lipinski definition) is 1. The van der Waals surface area contributed by atoms with Crippen molar-refractivity contribution in [1.82, 2.24) is 5.32 Å². The van der Waals surface area contributed by atoms with E-state index in [1.165, 1.54) is 24.5 Å². The standard InChI is InChI=1S/C16H15ClN2O4/c17-13-9-11(10-14-15(13)23-8-7-22-14)1-4-18-16(20)12-2-5-19(21)6-3-12/h2-3,5-6,9-10H,1,4,7-8H2,(H,18,20). The number of carbonyl (C=O) groups is 1. The van der Waals surface area contributed by atoms with Gasteiger partial charge in [0.05, 0.1) is 10.6 Å². The highest BCUT2D eigenvalue weighted by Crippen LogP contribution is 2.38. The maximum absolute atomic E-state index is 12.0. The summed E-state index contributed by atoms with van der Waals surface area (Å²) in [4.78, 5) is 12.0. The van der Waals surface area contributed by atoms with Gasteiger partial charge < -0.3 is 20.0 Å². The minimum atomic E-state index is -0.228. The van der Waals surface area contributed by atoms with Crippen molar-refractivity contribution in [3.8, 4) is 11.5 Å². The van der Waals surface area contributed by atoms with Crippen LogP contribution >= 0.6 is 11.6 Å². The lowest BCUT2D eigenvalue weighted by molar-refractivity contribution is -0.605. The Morgan fingerprint density at radius 3 is 2.78 bits per heavy atom. The normalized spacial score (nSPS) is 12.7. The Hall–Kier alpha value is -2.47. The third-order valence-corrected chi connectivity index (χ3v) is 3.70. The summed E-state index contributed by atoms with van der Waals surface area (Å²) in [6.07, 6.45) is 3.18. The Kier molecular flexibility index (Phi) is 4.52. The number of benzene rings is 1. The molecule has 1 aliphatic heterocycles. The molecule has 1 aliphatic rings. The Morgan fingerprint density at radius 1 is 1.26 bits per heavy atom. The van der Waals surface area contributed by atoms with Crippen molar-refractivity contribution < 1.29 is 19.0 Å². The summed E-state index contributed by atoms with van der Waals surface area (Å²) in [7, 11) is 0. The van der Waals surface area contributed by atoms with Crippen molar-refractivity contribution in [2.45, 2.75) is 6.42 Å². The summed E-state index contributed by atoms with van der Waals surface area (Å²) >= 11 is 6.18. The lowest BCUT2D eigenvalue weighted by Gasteiger charge is -2.20. The van der Waals surface area contributed by atoms with Crippen LogP contribution < -0.4 is 19.5 Å². The second-order valence-electron chi connectivity index (χ2n) is 5.05. The number of rotatable bonds is 4. The summed E-state index contributed by atoms with van der Waals surface area (Å²) in [6, 6.07) is 6.63. The number of nitrogens with one attached hydrogen (secondary N) is 1. The first-order chi connectivity index (χ1) is 11.1. The zero-order valence-corrected chi connectivity index (χ0v) is 13.0. The zero-order valence-electron chi connectivity index (χ0n) is 12.3. The molecule has 0 aliphatic carbocycles. The molecule has 0 spiro atoms. The van der Waals surface area contributed by atoms with Crippen molar-refractivity contribution >= 4 is 17.5 Å². The van der Waals surface area contributed by atoms with Crippen LogP contribution in [0.1, 0.15) is 15.9 Å². The van der Waals surface area contributed by atoms with Gasteiger partial charge in [0.1, 0.15) is 13.2 Å². The number of hydrogen-bond acceptors (Lipinski definition) is 4. The molecule has 1 amide bonds. The fourth-order valence-electron chi connectivity index (χ4n) is 2.30. The lowest BCUT2D eigenvalue weighted by atomic mass is 10.1. The van der Waals surface area contributed by atoms with E-state index in [2.05, 4.69) is 5.32 Å². The number of nitrogens with zero attached hydrogens (tertiary/aromatic N) is 1. The molecule has 1 aromatic heterocycles. The van der Waals surface area contributed by atoms with Gasteiger partial charge in [0.15, 0.2) is 23.9 Å². The zero-order chi connectivity index (χ0) is 16.2. The van der Waals surface area contributed by atoms with Gasteiger partial charge in [-0.3, -0.25) is 4.79 Å². The highest BCUT2D eigenvalue weighted by atomic mass is 35.5. The van der Waals surface area contributed by atoms with E-state index in [1.807, 2.05) is 12.1 Å². The molecule has 23 heavy (non-hydrogen) atoms. The van der Waals surface area contributed by atoms with Crippen molar-refractivity contribution in [1.29, 1.82) is 0 Å². The molecule has 7 heteroatoms. The maximum atomic E-state index is 12.0. The van der Waals surface area contributed by atoms with Crippen LogP contribution in [-0.4, -0.2) is 25.7 Å². The lowest BCUT2D eigenvalue weighted by Crippen LogP contribution is -2.28. The van der Waals surface area contributed by atoms with Gasteiger partial charge in [-0.2, -0.15) is 4.73 Å². The average molecular weight is 335 g/mol. The Bertz CT molecular complexity index is 719. The quantitative estimate of drug-likeness (QED) is 0.682. The number of pyridine rings is 1. The predicted octanol–water partition coefficient (Wildman–Crippen LogP) is 1.72. The highest BCUT2D eigenvalue weighted by molar-refractivity contribution is 6.32. The van der Waals surface area contributed by atoms with Crippen molar-refractivity contribution in [3.05, 3.63) is 58.0 Å². The molecule has 0 unspecified atom stereocenters. The second kappa shape index (κ2) is 6.75. The number of ether oxygens (including phenoxy) is 2. The van der Waals surface area contributed by atoms with Crippen LogP contribution in [0.5, 0.6) is 11.5 Å². The average Bonchev–Trinajstić information content (AvgIpc) is 2.55. The molecule has 2 heterocycles. The van der Waals surface area contributed by atoms with E-state index in [1.54, 1.807) is 0 Å². The fourth-order valence-corrected chi connectivity index (χ4v) is 2.58. The van der Waals surface area contributed by atoms with E-state index in [0.29, 0.717) is 53.0 Å². The van der Waals surface area contributed by atoms with Crippen molar-refractivity contribution in [3.63, 3.8) is 0 Å². The molecule has 2 aromatic rings. The van der Waals surface area contributed by atoms with E-state index < -0.39 is 0 Å². The molecule has 0 atom stereocenters. The largest absolute Gasteiger partial charge is 0.619 e. The summed E-state index contributed by atoms with van der Waals surface area (Å²) in [5.41, 5.74) is 1.39. The van der Waals surface area contributed by atoms with Gasteiger partial charge in [-0.15, -0.1) is 0 Å². The van der Waals surface area contributed by atoms with Gasteiger partial charge in [-0.1, -0.05) is 11.6 Å². The molecule has 3 rings (SSSR count). The van der Waals surface area contributed by atoms with E-state index in [0.717, 1.165) is 5.56 Å². The molecule has 0 radical (unpaired) electrons. The first kappa shape index (κ1) is 15.4. The van der Waals surface area contributed by atoms with Crippen LogP contribution in [0.15, 0.2) is 36.7 Å². The fraction of sp³-hybridized carbons (Fsp3) is 0.250. The van der Waals surface area contributed by atoms with Crippen LogP contribution in [-0.2, 0) is 6.42 Å². The Morgan fingerprint density at radius 2 is 2.00 bits per heavy atom. The molecule has 0 saturated carbocycles. The summed E-state index contributed by atoms with van der Waals surface area (Å²) < 4.78 is 11.6. The molecule has 1 N–H and O–H groups in total. The predicted molar refractivity (Wildman–Crippen MR) is 83.9 cm³/mol. The van der Waals surface area contributed by atoms with E-state index in [-0.39, 0.29) is 5.91 Å². The Balaban J connectivity index is 1.59. The van der Waals surface area contributed by atoms with Gasteiger partial charge >= 0.3 is 0 Å². The molecular weight excluding hydrogens is 320 g/mol. The summed E-state index contributed by atoms with van der Waals surface area (Å²) in [6.45, 7) is 1.43. The van der Waals surface area contributed by atoms with Gasteiger partial charge in [0, 0.05) is 18.7 Å². The molecular formula is C16H15ClN2O4. The van der Waals surface area contributed by atoms with Crippen LogP contribution in [0.3, 0.4) is 0 Å². The van der Waals surface area contributed by atoms with E-state index in [4.69, 9.17) is 21.1 Å². The second-order valence-corrected chi connectivity index (χ2v) is 5.46. The van der Waals surface area contributed by atoms with Crippen molar-refractivity contribution in [2.75, 3.05) is 19.8 Å². The van der Waals surface area contributed by atoms with Gasteiger partial charge in [0.2, 0.25) is 0 Å². The number of amides is 1. The van der Waals surface area contributed by atoms with Gasteiger partial charge in [-0.05, 0) is 24.1 Å². The topological polar surface area (TPSA) is 74.5 Å². The molecule has 1 aromatic carbocycles. The third-order valence-electron chi connectivity index (χ3n) is 3.42. The minimum absolute atomic E-state index is 0.228. The van der Waals surface area contributed by atoms with E-state index >= 15 is 0 Å². The first-order valence-electron chi connectivity index (χ1n) is 7.18. The molecule has 0 fully saturated rings. The number of halogens is 1. The van der Waals surface area contributed by atoms with Crippen molar-refractivity contribution in [2.24, 2.45) is 0 Å². The monoisotopic (exact) mass is 334 g/mol. The summed E-state index contributed by atoms with van der Waals surface area (Å²) in [5.74, 6) is 0.975. The minimum Gasteiger partial charge on any atom is -0.619 e. The molecule has 6 nitrogen and oxygen atoms in total.